The maximum Gasteiger partial charge on any atom is 0.353 e. The molecule has 0 bridgehead atoms. The summed E-state index contributed by atoms with van der Waals surface area (Å²) in [7, 11) is -0.137. The van der Waals surface area contributed by atoms with Crippen LogP contribution in [0.15, 0.2) is 0 Å². The van der Waals surface area contributed by atoms with Crippen molar-refractivity contribution in [3.8, 4) is 0 Å². The Labute approximate surface area is 76.9 Å². The molecule has 1 N–H and O–H groups in total. The van der Waals surface area contributed by atoms with Crippen LogP contribution in [0.5, 0.6) is 0 Å². The van der Waals surface area contributed by atoms with Gasteiger partial charge in [-0.2, -0.15) is 8.42 Å². The van der Waals surface area contributed by atoms with Gasteiger partial charge in [-0.3, -0.25) is 4.55 Å². The summed E-state index contributed by atoms with van der Waals surface area (Å²) in [6, 6.07) is 0. The highest BCUT2D eigenvalue weighted by Gasteiger charge is 1.86. The molecule has 70 valence electrons. The van der Waals surface area contributed by atoms with E-state index in [2.05, 4.69) is 17.6 Å². The molecule has 0 aliphatic heterocycles. The second kappa shape index (κ2) is 8.59. The predicted molar refractivity (Wildman–Crippen MR) is 47.6 cm³/mol. The molecule has 0 fully saturated rings. The lowest BCUT2D eigenvalue weighted by atomic mass is 10.3. The van der Waals surface area contributed by atoms with E-state index in [1.165, 1.54) is 19.3 Å². The van der Waals surface area contributed by atoms with Gasteiger partial charge < -0.3 is 0 Å². The molecule has 0 aliphatic carbocycles. The highest BCUT2D eigenvalue weighted by Crippen LogP contribution is 1.93. The Hall–Kier alpha value is 0.490. The molecule has 6 heteroatoms. The Kier molecular flexibility index (Phi) is 11.0. The van der Waals surface area contributed by atoms with E-state index in [-0.39, 0.29) is 0 Å². The molecular formula is C5H12Cl2O3S. The van der Waals surface area contributed by atoms with Crippen molar-refractivity contribution >= 4 is 31.6 Å². The van der Waals surface area contributed by atoms with Crippen LogP contribution in [0.1, 0.15) is 26.2 Å². The Morgan fingerprint density at radius 3 is 1.82 bits per heavy atom. The lowest BCUT2D eigenvalue weighted by Crippen LogP contribution is -1.77. The predicted octanol–water partition coefficient (Wildman–Crippen LogP) is 2.44. The molecule has 0 aromatic heterocycles. The third-order valence-electron chi connectivity index (χ3n) is 0.737. The van der Waals surface area contributed by atoms with Gasteiger partial charge in [0.05, 0.1) is 0 Å². The second-order valence-electron chi connectivity index (χ2n) is 1.81. The monoisotopic (exact) mass is 222 g/mol. The summed E-state index contributed by atoms with van der Waals surface area (Å²) < 4.78 is 25.2. The molecule has 0 aromatic carbocycles. The van der Waals surface area contributed by atoms with Crippen LogP contribution in [0.2, 0.25) is 0 Å². The molecule has 0 rings (SSSR count). The zero-order valence-electron chi connectivity index (χ0n) is 6.26. The molecule has 0 atom stereocenters. The van der Waals surface area contributed by atoms with E-state index in [1.807, 2.05) is 0 Å². The quantitative estimate of drug-likeness (QED) is 0.346. The zero-order valence-corrected chi connectivity index (χ0v) is 8.58. The summed E-state index contributed by atoms with van der Waals surface area (Å²) in [6.45, 7) is 2.17. The summed E-state index contributed by atoms with van der Waals surface area (Å²) in [5.41, 5.74) is 0. The van der Waals surface area contributed by atoms with Gasteiger partial charge in [-0.15, -0.1) is 11.6 Å². The van der Waals surface area contributed by atoms with E-state index in [9.17, 15) is 0 Å². The van der Waals surface area contributed by atoms with E-state index in [0.717, 1.165) is 5.88 Å². The van der Waals surface area contributed by atoms with Crippen molar-refractivity contribution in [2.75, 3.05) is 5.88 Å². The molecule has 0 saturated carbocycles. The molecule has 3 nitrogen and oxygen atoms in total. The first kappa shape index (κ1) is 14.0. The van der Waals surface area contributed by atoms with Crippen molar-refractivity contribution in [3.63, 3.8) is 0 Å². The van der Waals surface area contributed by atoms with Crippen LogP contribution in [0, 0.1) is 0 Å². The van der Waals surface area contributed by atoms with Crippen molar-refractivity contribution < 1.29 is 13.0 Å². The van der Waals surface area contributed by atoms with Gasteiger partial charge in [-0.25, -0.2) is 0 Å². The summed E-state index contributed by atoms with van der Waals surface area (Å²) >= 11 is 5.38. The maximum absolute atomic E-state index is 8.95. The first-order valence-corrected chi connectivity index (χ1v) is 5.95. The van der Waals surface area contributed by atoms with Gasteiger partial charge in [-0.1, -0.05) is 19.8 Å². The standard InChI is InChI=1S/C5H11Cl.ClHO3S/c1-2-3-4-5-6;1-5(2,3)4/h2-5H2,1H3;(H,2,3,4). The zero-order chi connectivity index (χ0) is 9.33. The molecular weight excluding hydrogens is 211 g/mol. The minimum absolute atomic E-state index is 0.827. The van der Waals surface area contributed by atoms with E-state index in [1.54, 1.807) is 0 Å². The normalized spacial score (nSPS) is 10.2. The highest BCUT2D eigenvalue weighted by molar-refractivity contribution is 8.09. The van der Waals surface area contributed by atoms with Gasteiger partial charge in [-0.05, 0) is 6.42 Å². The van der Waals surface area contributed by atoms with Crippen LogP contribution in [-0.4, -0.2) is 18.9 Å². The number of hydrogen-bond acceptors (Lipinski definition) is 2. The van der Waals surface area contributed by atoms with Gasteiger partial charge >= 0.3 is 9.33 Å². The van der Waals surface area contributed by atoms with Crippen LogP contribution < -0.4 is 0 Å². The summed E-state index contributed by atoms with van der Waals surface area (Å²) in [5.74, 6) is 0.827. The minimum Gasteiger partial charge on any atom is -0.273 e. The molecule has 11 heavy (non-hydrogen) atoms. The van der Waals surface area contributed by atoms with Crippen molar-refractivity contribution in [3.05, 3.63) is 0 Å². The van der Waals surface area contributed by atoms with Gasteiger partial charge in [0.15, 0.2) is 0 Å². The van der Waals surface area contributed by atoms with Gasteiger partial charge in [0, 0.05) is 16.6 Å². The van der Waals surface area contributed by atoms with Crippen LogP contribution in [0.3, 0.4) is 0 Å². The molecule has 0 radical (unpaired) electrons. The van der Waals surface area contributed by atoms with E-state index < -0.39 is 9.33 Å². The van der Waals surface area contributed by atoms with Crippen LogP contribution in [-0.2, 0) is 9.33 Å². The van der Waals surface area contributed by atoms with Gasteiger partial charge in [0.1, 0.15) is 0 Å². The van der Waals surface area contributed by atoms with Crippen molar-refractivity contribution in [1.82, 2.24) is 0 Å². The van der Waals surface area contributed by atoms with Crippen LogP contribution in [0.4, 0.5) is 0 Å². The lowest BCUT2D eigenvalue weighted by Gasteiger charge is -1.84. The number of hydrogen-bond donors (Lipinski definition) is 1. The van der Waals surface area contributed by atoms with E-state index in [0.29, 0.717) is 0 Å². The third kappa shape index (κ3) is 62.1. The Morgan fingerprint density at radius 1 is 1.36 bits per heavy atom. The van der Waals surface area contributed by atoms with Crippen LogP contribution >= 0.6 is 22.3 Å². The second-order valence-corrected chi connectivity index (χ2v) is 4.18. The largest absolute Gasteiger partial charge is 0.353 e. The fourth-order valence-corrected chi connectivity index (χ4v) is 0.533. The number of unbranched alkanes of at least 4 members (excludes halogenated alkanes) is 2. The maximum atomic E-state index is 8.95. The minimum atomic E-state index is -4.19. The molecule has 0 amide bonds. The Morgan fingerprint density at radius 2 is 1.73 bits per heavy atom. The van der Waals surface area contributed by atoms with Gasteiger partial charge in [0.2, 0.25) is 0 Å². The smallest absolute Gasteiger partial charge is 0.273 e. The van der Waals surface area contributed by atoms with E-state index >= 15 is 0 Å². The first-order valence-electron chi connectivity index (χ1n) is 3.14. The number of halogens is 2. The summed E-state index contributed by atoms with van der Waals surface area (Å²) in [5, 5.41) is 0. The Balaban J connectivity index is 0. The molecule has 0 aromatic rings. The number of alkyl halides is 1. The summed E-state index contributed by atoms with van der Waals surface area (Å²) in [6.07, 6.45) is 3.73. The van der Waals surface area contributed by atoms with Crippen molar-refractivity contribution in [2.24, 2.45) is 0 Å². The molecule has 0 heterocycles. The fraction of sp³-hybridized carbons (Fsp3) is 1.00. The molecule has 0 unspecified atom stereocenters. The average molecular weight is 223 g/mol. The first-order chi connectivity index (χ1) is 4.91. The fourth-order valence-electron chi connectivity index (χ4n) is 0.344. The molecule has 0 aliphatic rings. The topological polar surface area (TPSA) is 54.4 Å². The third-order valence-corrected chi connectivity index (χ3v) is 1.00. The van der Waals surface area contributed by atoms with Crippen molar-refractivity contribution in [1.29, 1.82) is 0 Å². The average Bonchev–Trinajstić information content (AvgIpc) is 1.79. The molecule has 0 saturated heterocycles. The van der Waals surface area contributed by atoms with Gasteiger partial charge in [0.25, 0.3) is 0 Å². The Bertz CT molecular complexity index is 143. The SMILES string of the molecule is CCCCCCl.O=S(=O)(O)Cl. The van der Waals surface area contributed by atoms with Crippen LogP contribution in [0.25, 0.3) is 0 Å². The van der Waals surface area contributed by atoms with Crippen molar-refractivity contribution in [2.45, 2.75) is 26.2 Å². The lowest BCUT2D eigenvalue weighted by molar-refractivity contribution is 0.501. The highest BCUT2D eigenvalue weighted by atomic mass is 35.7. The number of rotatable bonds is 3. The van der Waals surface area contributed by atoms with E-state index in [4.69, 9.17) is 24.6 Å². The summed E-state index contributed by atoms with van der Waals surface area (Å²) in [4.78, 5) is 0. The molecule has 0 spiro atoms.